The molecule has 1 aliphatic rings. The Labute approximate surface area is 133 Å². The van der Waals surface area contributed by atoms with Gasteiger partial charge < -0.3 is 9.64 Å². The quantitative estimate of drug-likeness (QED) is 0.794. The number of carbonyl (C=O) groups excluding carboxylic acids is 2. The lowest BCUT2D eigenvalue weighted by Gasteiger charge is -2.37. The third-order valence-electron chi connectivity index (χ3n) is 3.85. The Balaban J connectivity index is 1.99. The molecule has 1 fully saturated rings. The van der Waals surface area contributed by atoms with Crippen LogP contribution in [0.2, 0.25) is 5.02 Å². The van der Waals surface area contributed by atoms with Crippen molar-refractivity contribution in [1.82, 2.24) is 9.80 Å². The molecule has 0 radical (unpaired) electrons. The van der Waals surface area contributed by atoms with Crippen LogP contribution < -0.4 is 0 Å². The highest BCUT2D eigenvalue weighted by atomic mass is 35.5. The first kappa shape index (κ1) is 16.7. The van der Waals surface area contributed by atoms with Crippen LogP contribution in [0.1, 0.15) is 17.3 Å². The van der Waals surface area contributed by atoms with Crippen molar-refractivity contribution in [2.75, 3.05) is 33.3 Å². The number of methoxy groups -OCH3 is 1. The zero-order chi connectivity index (χ0) is 16.3. The van der Waals surface area contributed by atoms with Crippen LogP contribution in [0.25, 0.3) is 0 Å². The van der Waals surface area contributed by atoms with E-state index in [1.54, 1.807) is 11.8 Å². The fourth-order valence-electron chi connectivity index (χ4n) is 2.47. The topological polar surface area (TPSA) is 49.9 Å². The molecule has 0 aliphatic carbocycles. The van der Waals surface area contributed by atoms with E-state index < -0.39 is 5.82 Å². The van der Waals surface area contributed by atoms with Crippen molar-refractivity contribution in [2.24, 2.45) is 0 Å². The van der Waals surface area contributed by atoms with Gasteiger partial charge in [0.1, 0.15) is 11.9 Å². The lowest BCUT2D eigenvalue weighted by atomic mass is 10.1. The van der Waals surface area contributed by atoms with E-state index >= 15 is 0 Å². The van der Waals surface area contributed by atoms with Crippen molar-refractivity contribution >= 4 is 23.5 Å². The fourth-order valence-corrected chi connectivity index (χ4v) is 2.62. The van der Waals surface area contributed by atoms with E-state index in [1.165, 1.54) is 19.2 Å². The molecule has 1 aliphatic heterocycles. The lowest BCUT2D eigenvalue weighted by molar-refractivity contribution is -0.146. The van der Waals surface area contributed by atoms with Gasteiger partial charge in [0.25, 0.3) is 5.91 Å². The minimum Gasteiger partial charge on any atom is -0.468 e. The molecular formula is C15H18ClFN2O3. The Morgan fingerprint density at radius 1 is 1.27 bits per heavy atom. The number of hydrogen-bond acceptors (Lipinski definition) is 4. The first-order valence-corrected chi connectivity index (χ1v) is 7.38. The average molecular weight is 329 g/mol. The van der Waals surface area contributed by atoms with Crippen molar-refractivity contribution in [3.8, 4) is 0 Å². The maximum Gasteiger partial charge on any atom is 0.322 e. The molecular weight excluding hydrogens is 311 g/mol. The summed E-state index contributed by atoms with van der Waals surface area (Å²) in [7, 11) is 1.35. The van der Waals surface area contributed by atoms with Gasteiger partial charge in [-0.15, -0.1) is 0 Å². The lowest BCUT2D eigenvalue weighted by Crippen LogP contribution is -2.53. The minimum absolute atomic E-state index is 0.0128. The molecule has 120 valence electrons. The number of piperazine rings is 1. The molecule has 1 saturated heterocycles. The number of nitrogens with zero attached hydrogens (tertiary/aromatic N) is 2. The predicted octanol–water partition coefficient (Wildman–Crippen LogP) is 1.80. The van der Waals surface area contributed by atoms with Crippen molar-refractivity contribution in [3.63, 3.8) is 0 Å². The maximum atomic E-state index is 13.8. The van der Waals surface area contributed by atoms with Crippen molar-refractivity contribution in [2.45, 2.75) is 13.0 Å². The van der Waals surface area contributed by atoms with Crippen LogP contribution in [0.15, 0.2) is 18.2 Å². The number of hydrogen-bond donors (Lipinski definition) is 0. The molecule has 0 spiro atoms. The van der Waals surface area contributed by atoms with Crippen LogP contribution in [0.3, 0.4) is 0 Å². The van der Waals surface area contributed by atoms with Gasteiger partial charge in [0.2, 0.25) is 0 Å². The first-order valence-electron chi connectivity index (χ1n) is 7.00. The van der Waals surface area contributed by atoms with E-state index in [2.05, 4.69) is 0 Å². The normalized spacial score (nSPS) is 17.2. The second-order valence-electron chi connectivity index (χ2n) is 5.15. The predicted molar refractivity (Wildman–Crippen MR) is 80.4 cm³/mol. The van der Waals surface area contributed by atoms with E-state index in [0.717, 1.165) is 6.07 Å². The molecule has 7 heteroatoms. The first-order chi connectivity index (χ1) is 10.4. The Morgan fingerprint density at radius 2 is 1.91 bits per heavy atom. The zero-order valence-corrected chi connectivity index (χ0v) is 13.3. The number of benzene rings is 1. The molecule has 2 rings (SSSR count). The minimum atomic E-state index is -0.622. The molecule has 0 aromatic heterocycles. The summed E-state index contributed by atoms with van der Waals surface area (Å²) in [6.45, 7) is 3.71. The van der Waals surface area contributed by atoms with Gasteiger partial charge in [0.05, 0.1) is 12.7 Å². The molecule has 1 heterocycles. The highest BCUT2D eigenvalue weighted by Gasteiger charge is 2.29. The summed E-state index contributed by atoms with van der Waals surface area (Å²) in [5.41, 5.74) is 0.0128. The number of ether oxygens (including phenoxy) is 1. The molecule has 5 nitrogen and oxygen atoms in total. The van der Waals surface area contributed by atoms with Crippen LogP contribution in [0.4, 0.5) is 4.39 Å². The summed E-state index contributed by atoms with van der Waals surface area (Å²) in [4.78, 5) is 27.4. The molecule has 1 aromatic carbocycles. The van der Waals surface area contributed by atoms with Crippen molar-refractivity contribution in [3.05, 3.63) is 34.6 Å². The summed E-state index contributed by atoms with van der Waals surface area (Å²) in [6, 6.07) is 3.66. The van der Waals surface area contributed by atoms with E-state index in [0.29, 0.717) is 26.2 Å². The van der Waals surface area contributed by atoms with Crippen LogP contribution in [-0.4, -0.2) is 61.0 Å². The SMILES string of the molecule is COC(=O)[C@H](C)N1CCN(C(=O)c2ccc(Cl)cc2F)CC1. The van der Waals surface area contributed by atoms with Crippen molar-refractivity contribution in [1.29, 1.82) is 0 Å². The zero-order valence-electron chi connectivity index (χ0n) is 12.5. The van der Waals surface area contributed by atoms with Crippen LogP contribution in [-0.2, 0) is 9.53 Å². The Hall–Kier alpha value is -1.66. The number of halogens is 2. The van der Waals surface area contributed by atoms with E-state index in [1.807, 2.05) is 4.90 Å². The third-order valence-corrected chi connectivity index (χ3v) is 4.09. The highest BCUT2D eigenvalue weighted by molar-refractivity contribution is 6.30. The van der Waals surface area contributed by atoms with Gasteiger partial charge in [-0.25, -0.2) is 4.39 Å². The summed E-state index contributed by atoms with van der Waals surface area (Å²) in [5, 5.41) is 0.255. The number of amides is 1. The second-order valence-corrected chi connectivity index (χ2v) is 5.59. The summed E-state index contributed by atoms with van der Waals surface area (Å²) >= 11 is 5.69. The number of esters is 1. The van der Waals surface area contributed by atoms with E-state index in [4.69, 9.17) is 16.3 Å². The van der Waals surface area contributed by atoms with Crippen LogP contribution in [0.5, 0.6) is 0 Å². The third kappa shape index (κ3) is 3.56. The second kappa shape index (κ2) is 7.07. The van der Waals surface area contributed by atoms with Gasteiger partial charge >= 0.3 is 5.97 Å². The monoisotopic (exact) mass is 328 g/mol. The molecule has 0 saturated carbocycles. The maximum absolute atomic E-state index is 13.8. The van der Waals surface area contributed by atoms with Gasteiger partial charge in [0.15, 0.2) is 0 Å². The average Bonchev–Trinajstić information content (AvgIpc) is 2.53. The van der Waals surface area contributed by atoms with Gasteiger partial charge in [-0.2, -0.15) is 0 Å². The molecule has 0 N–H and O–H groups in total. The molecule has 0 bridgehead atoms. The molecule has 1 atom stereocenters. The Morgan fingerprint density at radius 3 is 2.45 bits per heavy atom. The summed E-state index contributed by atoms with van der Waals surface area (Å²) in [6.07, 6.45) is 0. The van der Waals surface area contributed by atoms with Crippen molar-refractivity contribution < 1.29 is 18.7 Å². The molecule has 1 aromatic rings. The van der Waals surface area contributed by atoms with Gasteiger partial charge in [-0.3, -0.25) is 14.5 Å². The summed E-state index contributed by atoms with van der Waals surface area (Å²) < 4.78 is 18.5. The van der Waals surface area contributed by atoms with Gasteiger partial charge in [-0.1, -0.05) is 11.6 Å². The van der Waals surface area contributed by atoms with Gasteiger partial charge in [-0.05, 0) is 25.1 Å². The standard InChI is InChI=1S/C15H18ClFN2O3/c1-10(15(21)22-2)18-5-7-19(8-6-18)14(20)12-4-3-11(16)9-13(12)17/h3-4,9-10H,5-8H2,1-2H3/t10-/m0/s1. The van der Waals surface area contributed by atoms with Crippen LogP contribution >= 0.6 is 11.6 Å². The van der Waals surface area contributed by atoms with Crippen LogP contribution in [0, 0.1) is 5.82 Å². The smallest absolute Gasteiger partial charge is 0.322 e. The Bertz CT molecular complexity index is 574. The largest absolute Gasteiger partial charge is 0.468 e. The summed E-state index contributed by atoms with van der Waals surface area (Å²) in [5.74, 6) is -1.29. The number of rotatable bonds is 3. The van der Waals surface area contributed by atoms with E-state index in [9.17, 15) is 14.0 Å². The van der Waals surface area contributed by atoms with Gasteiger partial charge in [0, 0.05) is 31.2 Å². The number of carbonyl (C=O) groups is 2. The molecule has 0 unspecified atom stereocenters. The fraction of sp³-hybridized carbons (Fsp3) is 0.467. The van der Waals surface area contributed by atoms with E-state index in [-0.39, 0.29) is 28.5 Å². The molecule has 22 heavy (non-hydrogen) atoms. The molecule has 1 amide bonds. The Kier molecular flexibility index (Phi) is 5.37. The highest BCUT2D eigenvalue weighted by Crippen LogP contribution is 2.17.